The van der Waals surface area contributed by atoms with Crippen LogP contribution in [-0.2, 0) is 9.53 Å². The van der Waals surface area contributed by atoms with E-state index < -0.39 is 6.04 Å². The van der Waals surface area contributed by atoms with Crippen molar-refractivity contribution < 1.29 is 14.3 Å². The van der Waals surface area contributed by atoms with Gasteiger partial charge in [-0.1, -0.05) is 23.7 Å². The lowest BCUT2D eigenvalue weighted by Crippen LogP contribution is -2.51. The molecule has 2 heterocycles. The third-order valence-corrected chi connectivity index (χ3v) is 5.58. The molecule has 3 aromatic rings. The molecule has 0 saturated carbocycles. The van der Waals surface area contributed by atoms with E-state index in [1.165, 1.54) is 0 Å². The lowest BCUT2D eigenvalue weighted by molar-refractivity contribution is -0.150. The van der Waals surface area contributed by atoms with Gasteiger partial charge in [-0.15, -0.1) is 0 Å². The Morgan fingerprint density at radius 3 is 2.57 bits per heavy atom. The Bertz CT molecular complexity index is 1040. The van der Waals surface area contributed by atoms with Crippen LogP contribution < -0.4 is 0 Å². The summed E-state index contributed by atoms with van der Waals surface area (Å²) in [6.45, 7) is 4.32. The number of imidazole rings is 1. The second kappa shape index (κ2) is 8.85. The van der Waals surface area contributed by atoms with Gasteiger partial charge in [0.05, 0.1) is 24.0 Å². The molecule has 0 spiro atoms. The van der Waals surface area contributed by atoms with Crippen molar-refractivity contribution in [2.24, 2.45) is 0 Å². The van der Waals surface area contributed by atoms with Gasteiger partial charge in [0.25, 0.3) is 5.91 Å². The third kappa shape index (κ3) is 4.17. The monoisotopic (exact) mass is 426 g/mol. The van der Waals surface area contributed by atoms with E-state index in [1.54, 1.807) is 31.5 Å². The van der Waals surface area contributed by atoms with E-state index in [9.17, 15) is 9.59 Å². The van der Waals surface area contributed by atoms with Gasteiger partial charge in [0, 0.05) is 36.8 Å². The molecule has 4 rings (SSSR count). The summed E-state index contributed by atoms with van der Waals surface area (Å²) in [6.07, 6.45) is 1.62. The van der Waals surface area contributed by atoms with E-state index in [0.29, 0.717) is 43.4 Å². The number of rotatable bonds is 5. The molecule has 0 unspecified atom stereocenters. The number of carbonyl (C=O) groups excluding carboxylic acids is 2. The van der Waals surface area contributed by atoms with Crippen LogP contribution in [0.3, 0.4) is 0 Å². The minimum atomic E-state index is -0.513. The summed E-state index contributed by atoms with van der Waals surface area (Å²) in [4.78, 5) is 36.7. The van der Waals surface area contributed by atoms with Crippen LogP contribution in [0, 0.1) is 0 Å². The molecule has 1 amide bonds. The van der Waals surface area contributed by atoms with Crippen LogP contribution in [0.15, 0.2) is 48.8 Å². The maximum absolute atomic E-state index is 13.0. The zero-order valence-corrected chi connectivity index (χ0v) is 17.4. The van der Waals surface area contributed by atoms with Crippen LogP contribution in [0.5, 0.6) is 0 Å². The summed E-state index contributed by atoms with van der Waals surface area (Å²) in [5.41, 5.74) is 3.13. The van der Waals surface area contributed by atoms with Crippen LogP contribution in [0.4, 0.5) is 0 Å². The zero-order chi connectivity index (χ0) is 21.1. The molecule has 1 N–H and O–H groups in total. The van der Waals surface area contributed by atoms with E-state index in [0.717, 1.165) is 16.6 Å². The van der Waals surface area contributed by atoms with Gasteiger partial charge in [-0.25, -0.2) is 9.78 Å². The van der Waals surface area contributed by atoms with E-state index in [2.05, 4.69) is 14.9 Å². The molecule has 1 aromatic heterocycles. The second-order valence-corrected chi connectivity index (χ2v) is 7.61. The number of nitrogens with one attached hydrogen (secondary N) is 1. The predicted molar refractivity (Wildman–Crippen MR) is 114 cm³/mol. The zero-order valence-electron chi connectivity index (χ0n) is 16.7. The lowest BCUT2D eigenvalue weighted by Gasteiger charge is -2.38. The average molecular weight is 427 g/mol. The number of hydrogen-bond donors (Lipinski definition) is 1. The highest BCUT2D eigenvalue weighted by Crippen LogP contribution is 2.26. The Labute approximate surface area is 179 Å². The smallest absolute Gasteiger partial charge is 0.328 e. The number of aromatic amines is 1. The standard InChI is InChI=1S/C22H23ClN4O3/c1-2-30-22(29)20(15-3-6-17(23)7-4-15)26-9-11-27(12-10-26)21(28)16-5-8-18-19(13-16)25-14-24-18/h3-8,13-14,20H,2,9-12H2,1H3,(H,24,25)/t20-/m0/s1. The summed E-state index contributed by atoms with van der Waals surface area (Å²) in [5, 5.41) is 0.617. The first-order valence-electron chi connectivity index (χ1n) is 9.95. The first kappa shape index (κ1) is 20.4. The fraction of sp³-hybridized carbons (Fsp3) is 0.318. The van der Waals surface area contributed by atoms with Gasteiger partial charge in [0.2, 0.25) is 0 Å². The number of amides is 1. The highest BCUT2D eigenvalue weighted by atomic mass is 35.5. The molecule has 0 aliphatic carbocycles. The number of hydrogen-bond acceptors (Lipinski definition) is 5. The number of esters is 1. The highest BCUT2D eigenvalue weighted by Gasteiger charge is 2.33. The molecule has 0 radical (unpaired) electrons. The van der Waals surface area contributed by atoms with Crippen LogP contribution in [0.25, 0.3) is 11.0 Å². The molecule has 1 aliphatic rings. The molecule has 8 heteroatoms. The van der Waals surface area contributed by atoms with Crippen LogP contribution in [-0.4, -0.2) is 64.4 Å². The van der Waals surface area contributed by atoms with Gasteiger partial charge in [-0.2, -0.15) is 0 Å². The van der Waals surface area contributed by atoms with Gasteiger partial charge in [-0.05, 0) is 42.8 Å². The Balaban J connectivity index is 1.47. The summed E-state index contributed by atoms with van der Waals surface area (Å²) >= 11 is 6.00. The maximum Gasteiger partial charge on any atom is 0.328 e. The fourth-order valence-electron chi connectivity index (χ4n) is 3.80. The molecule has 156 valence electrons. The summed E-state index contributed by atoms with van der Waals surface area (Å²) in [7, 11) is 0. The van der Waals surface area contributed by atoms with Crippen molar-refractivity contribution in [1.82, 2.24) is 19.8 Å². The van der Waals surface area contributed by atoms with Gasteiger partial charge < -0.3 is 14.6 Å². The number of piperazine rings is 1. The molecule has 0 bridgehead atoms. The molecule has 1 atom stereocenters. The van der Waals surface area contributed by atoms with Gasteiger partial charge in [0.1, 0.15) is 6.04 Å². The molecule has 30 heavy (non-hydrogen) atoms. The molecule has 1 fully saturated rings. The Kier molecular flexibility index (Phi) is 6.01. The largest absolute Gasteiger partial charge is 0.465 e. The summed E-state index contributed by atoms with van der Waals surface area (Å²) in [6, 6.07) is 12.2. The topological polar surface area (TPSA) is 78.5 Å². The molecular formula is C22H23ClN4O3. The van der Waals surface area contributed by atoms with Crippen molar-refractivity contribution in [2.45, 2.75) is 13.0 Å². The second-order valence-electron chi connectivity index (χ2n) is 7.17. The number of carbonyl (C=O) groups is 2. The van der Waals surface area contributed by atoms with E-state index in [4.69, 9.17) is 16.3 Å². The molecule has 1 saturated heterocycles. The minimum Gasteiger partial charge on any atom is -0.465 e. The van der Waals surface area contributed by atoms with Crippen molar-refractivity contribution in [2.75, 3.05) is 32.8 Å². The van der Waals surface area contributed by atoms with Crippen molar-refractivity contribution in [3.05, 3.63) is 64.9 Å². The molecular weight excluding hydrogens is 404 g/mol. The number of benzene rings is 2. The first-order chi connectivity index (χ1) is 14.6. The van der Waals surface area contributed by atoms with Crippen molar-refractivity contribution in [1.29, 1.82) is 0 Å². The minimum absolute atomic E-state index is 0.0228. The number of H-pyrrole nitrogens is 1. The van der Waals surface area contributed by atoms with E-state index >= 15 is 0 Å². The number of halogens is 1. The van der Waals surface area contributed by atoms with E-state index in [1.807, 2.05) is 29.2 Å². The van der Waals surface area contributed by atoms with Gasteiger partial charge >= 0.3 is 5.97 Å². The predicted octanol–water partition coefficient (Wildman–Crippen LogP) is 3.28. The third-order valence-electron chi connectivity index (χ3n) is 5.33. The van der Waals surface area contributed by atoms with E-state index in [-0.39, 0.29) is 11.9 Å². The average Bonchev–Trinajstić information content (AvgIpc) is 3.23. The lowest BCUT2D eigenvalue weighted by atomic mass is 10.0. The van der Waals surface area contributed by atoms with Crippen LogP contribution in [0.2, 0.25) is 5.02 Å². The Morgan fingerprint density at radius 2 is 1.87 bits per heavy atom. The van der Waals surface area contributed by atoms with Gasteiger partial charge in [0.15, 0.2) is 0 Å². The normalized spacial score (nSPS) is 15.9. The number of aromatic nitrogens is 2. The van der Waals surface area contributed by atoms with Crippen LogP contribution >= 0.6 is 11.6 Å². The molecule has 2 aromatic carbocycles. The number of nitrogens with zero attached hydrogens (tertiary/aromatic N) is 3. The van der Waals surface area contributed by atoms with Gasteiger partial charge in [-0.3, -0.25) is 9.69 Å². The van der Waals surface area contributed by atoms with Crippen molar-refractivity contribution >= 4 is 34.5 Å². The maximum atomic E-state index is 13.0. The van der Waals surface area contributed by atoms with Crippen molar-refractivity contribution in [3.8, 4) is 0 Å². The van der Waals surface area contributed by atoms with Crippen LogP contribution in [0.1, 0.15) is 28.9 Å². The Morgan fingerprint density at radius 1 is 1.13 bits per heavy atom. The summed E-state index contributed by atoms with van der Waals surface area (Å²) in [5.74, 6) is -0.311. The number of fused-ring (bicyclic) bond motifs is 1. The first-order valence-corrected chi connectivity index (χ1v) is 10.3. The van der Waals surface area contributed by atoms with Crippen molar-refractivity contribution in [3.63, 3.8) is 0 Å². The highest BCUT2D eigenvalue weighted by molar-refractivity contribution is 6.30. The molecule has 1 aliphatic heterocycles. The Hall–Kier alpha value is -2.90. The number of ether oxygens (including phenoxy) is 1. The summed E-state index contributed by atoms with van der Waals surface area (Å²) < 4.78 is 5.32. The SMILES string of the molecule is CCOC(=O)[C@H](c1ccc(Cl)cc1)N1CCN(C(=O)c2ccc3nc[nH]c3c2)CC1. The quantitative estimate of drug-likeness (QED) is 0.633. The fourth-order valence-corrected chi connectivity index (χ4v) is 3.92. The molecule has 7 nitrogen and oxygen atoms in total.